The lowest BCUT2D eigenvalue weighted by atomic mass is 9.91. The standard InChI is InChI=1S/C39H32F7NO5/c40-33-15-16-35(52-23-27-19-31(38(41,42)43)22-32(20-27)39(44,45)46)30(21-33)14-9-25(18-26-7-12-29(13-8-26)36(48)49)4-3-24-5-10-28(11-6-24)34-2-1-17-51-37(50)47-34/h2,5-16,19-22,25H,1,3-4,17-18,23H2,(H,47,50)(H,48,49)/b14-9-. The molecule has 1 aliphatic heterocycles. The largest absolute Gasteiger partial charge is 0.488 e. The van der Waals surface area contributed by atoms with Crippen molar-refractivity contribution in [1.82, 2.24) is 5.32 Å². The van der Waals surface area contributed by atoms with Crippen LogP contribution in [0.5, 0.6) is 5.75 Å². The smallest absolute Gasteiger partial charge is 0.416 e. The van der Waals surface area contributed by atoms with Crippen molar-refractivity contribution in [2.45, 2.75) is 44.6 Å². The maximum absolute atomic E-state index is 14.4. The Balaban J connectivity index is 1.36. The summed E-state index contributed by atoms with van der Waals surface area (Å²) in [5, 5.41) is 12.0. The van der Waals surface area contributed by atoms with E-state index in [1.54, 1.807) is 24.3 Å². The molecule has 13 heteroatoms. The predicted octanol–water partition coefficient (Wildman–Crippen LogP) is 10.1. The Kier molecular flexibility index (Phi) is 11.7. The van der Waals surface area contributed by atoms with Gasteiger partial charge in [-0.1, -0.05) is 54.6 Å². The number of carboxylic acid groups (broad SMARTS) is 1. The van der Waals surface area contributed by atoms with Crippen molar-refractivity contribution in [3.8, 4) is 5.75 Å². The number of aryl methyl sites for hydroxylation is 1. The van der Waals surface area contributed by atoms with Crippen molar-refractivity contribution in [1.29, 1.82) is 0 Å². The van der Waals surface area contributed by atoms with Gasteiger partial charge in [0, 0.05) is 17.7 Å². The van der Waals surface area contributed by atoms with E-state index in [0.29, 0.717) is 43.5 Å². The summed E-state index contributed by atoms with van der Waals surface area (Å²) >= 11 is 0. The molecule has 1 unspecified atom stereocenters. The zero-order valence-corrected chi connectivity index (χ0v) is 27.4. The van der Waals surface area contributed by atoms with E-state index in [1.807, 2.05) is 30.3 Å². The molecule has 5 rings (SSSR count). The molecule has 1 aliphatic rings. The Morgan fingerprint density at radius 1 is 0.865 bits per heavy atom. The number of allylic oxidation sites excluding steroid dienone is 1. The fourth-order valence-electron chi connectivity index (χ4n) is 5.58. The van der Waals surface area contributed by atoms with Crippen molar-refractivity contribution in [3.05, 3.63) is 147 Å². The molecule has 1 amide bonds. The molecule has 1 atom stereocenters. The quantitative estimate of drug-likeness (QED) is 0.142. The Hall–Kier alpha value is -5.59. The number of rotatable bonds is 12. The average molecular weight is 728 g/mol. The van der Waals surface area contributed by atoms with Crippen LogP contribution in [0.3, 0.4) is 0 Å². The van der Waals surface area contributed by atoms with Crippen molar-refractivity contribution in [3.63, 3.8) is 0 Å². The second kappa shape index (κ2) is 16.2. The van der Waals surface area contributed by atoms with Crippen molar-refractivity contribution in [2.75, 3.05) is 6.61 Å². The lowest BCUT2D eigenvalue weighted by molar-refractivity contribution is -0.143. The summed E-state index contributed by atoms with van der Waals surface area (Å²) in [6, 6.07) is 18.6. The van der Waals surface area contributed by atoms with E-state index in [2.05, 4.69) is 5.32 Å². The van der Waals surface area contributed by atoms with Crippen LogP contribution in [0.15, 0.2) is 97.1 Å². The highest BCUT2D eigenvalue weighted by Gasteiger charge is 2.37. The number of halogens is 7. The van der Waals surface area contributed by atoms with E-state index in [1.165, 1.54) is 18.2 Å². The molecule has 1 heterocycles. The summed E-state index contributed by atoms with van der Waals surface area (Å²) < 4.78 is 105. The average Bonchev–Trinajstić information content (AvgIpc) is 3.32. The zero-order valence-electron chi connectivity index (χ0n) is 27.4. The fraction of sp³-hybridized carbons (Fsp3) is 0.231. The van der Waals surface area contributed by atoms with E-state index in [9.17, 15) is 45.4 Å². The molecule has 4 aromatic rings. The highest BCUT2D eigenvalue weighted by molar-refractivity contribution is 5.87. The summed E-state index contributed by atoms with van der Waals surface area (Å²) in [5.41, 5.74) is 0.254. The second-order valence-corrected chi connectivity index (χ2v) is 12.1. The van der Waals surface area contributed by atoms with Crippen LogP contribution >= 0.6 is 0 Å². The van der Waals surface area contributed by atoms with Gasteiger partial charge in [-0.25, -0.2) is 14.0 Å². The molecule has 0 saturated heterocycles. The number of alkyl carbamates (subject to hydrolysis) is 1. The van der Waals surface area contributed by atoms with E-state index >= 15 is 0 Å². The molecule has 52 heavy (non-hydrogen) atoms. The van der Waals surface area contributed by atoms with Gasteiger partial charge in [-0.15, -0.1) is 0 Å². The highest BCUT2D eigenvalue weighted by atomic mass is 19.4. The molecule has 0 fully saturated rings. The van der Waals surface area contributed by atoms with Crippen molar-refractivity contribution >= 4 is 23.8 Å². The number of carboxylic acids is 1. The Bertz CT molecular complexity index is 1920. The SMILES string of the molecule is O=C1NC(c2ccc(CCC(/C=C\c3cc(F)ccc3OCc3cc(C(F)(F)F)cc(C(F)(F)F)c3)Cc3ccc(C(=O)O)cc3)cc2)=CCCO1. The third-order valence-corrected chi connectivity index (χ3v) is 8.27. The van der Waals surface area contributed by atoms with Crippen LogP contribution in [-0.2, 0) is 36.5 Å². The lowest BCUT2D eigenvalue weighted by Gasteiger charge is -2.16. The number of alkyl halides is 6. The Morgan fingerprint density at radius 3 is 2.15 bits per heavy atom. The van der Waals surface area contributed by atoms with Crippen LogP contribution in [-0.4, -0.2) is 23.8 Å². The van der Waals surface area contributed by atoms with Gasteiger partial charge >= 0.3 is 24.4 Å². The van der Waals surface area contributed by atoms with Crippen LogP contribution in [0.2, 0.25) is 0 Å². The lowest BCUT2D eigenvalue weighted by Crippen LogP contribution is -2.20. The van der Waals surface area contributed by atoms with Gasteiger partial charge in [0.1, 0.15) is 18.2 Å². The van der Waals surface area contributed by atoms with Crippen LogP contribution in [0, 0.1) is 11.7 Å². The number of carbonyl (C=O) groups is 2. The molecule has 6 nitrogen and oxygen atoms in total. The minimum absolute atomic E-state index is 0.0313. The number of hydrogen-bond donors (Lipinski definition) is 2. The summed E-state index contributed by atoms with van der Waals surface area (Å²) in [4.78, 5) is 23.1. The number of benzene rings is 4. The molecule has 2 N–H and O–H groups in total. The van der Waals surface area contributed by atoms with Crippen LogP contribution in [0.25, 0.3) is 11.8 Å². The summed E-state index contributed by atoms with van der Waals surface area (Å²) in [6.45, 7) is -0.369. The Morgan fingerprint density at radius 2 is 1.52 bits per heavy atom. The van der Waals surface area contributed by atoms with Crippen LogP contribution in [0.4, 0.5) is 35.5 Å². The third-order valence-electron chi connectivity index (χ3n) is 8.27. The minimum Gasteiger partial charge on any atom is -0.488 e. The van der Waals surface area contributed by atoms with E-state index in [4.69, 9.17) is 9.47 Å². The van der Waals surface area contributed by atoms with Gasteiger partial charge in [-0.05, 0) is 96.0 Å². The third kappa shape index (κ3) is 10.5. The van der Waals surface area contributed by atoms with Crippen molar-refractivity contribution in [2.24, 2.45) is 5.92 Å². The highest BCUT2D eigenvalue weighted by Crippen LogP contribution is 2.37. The van der Waals surface area contributed by atoms with E-state index < -0.39 is 48.0 Å². The number of ether oxygens (including phenoxy) is 2. The number of hydrogen-bond acceptors (Lipinski definition) is 4. The maximum atomic E-state index is 14.4. The molecule has 0 saturated carbocycles. The first-order chi connectivity index (χ1) is 24.6. The molecule has 0 bridgehead atoms. The number of nitrogens with one attached hydrogen (secondary N) is 1. The van der Waals surface area contributed by atoms with Crippen molar-refractivity contribution < 1.29 is 54.9 Å². The monoisotopic (exact) mass is 727 g/mol. The fourth-order valence-corrected chi connectivity index (χ4v) is 5.58. The van der Waals surface area contributed by atoms with Gasteiger partial charge in [-0.2, -0.15) is 26.3 Å². The Labute approximate surface area is 294 Å². The summed E-state index contributed by atoms with van der Waals surface area (Å²) in [6.07, 6.45) is -3.11. The van der Waals surface area contributed by atoms with Gasteiger partial charge in [-0.3, -0.25) is 5.32 Å². The second-order valence-electron chi connectivity index (χ2n) is 12.1. The molecule has 0 spiro atoms. The molecule has 272 valence electrons. The first-order valence-electron chi connectivity index (χ1n) is 16.1. The molecule has 0 radical (unpaired) electrons. The first-order valence-corrected chi connectivity index (χ1v) is 16.1. The molecule has 4 aromatic carbocycles. The summed E-state index contributed by atoms with van der Waals surface area (Å²) in [5.74, 6) is -1.87. The van der Waals surface area contributed by atoms with E-state index in [-0.39, 0.29) is 41.0 Å². The molecule has 0 aromatic heterocycles. The summed E-state index contributed by atoms with van der Waals surface area (Å²) in [7, 11) is 0. The topological polar surface area (TPSA) is 84.9 Å². The van der Waals surface area contributed by atoms with Gasteiger partial charge in [0.2, 0.25) is 0 Å². The number of amides is 1. The van der Waals surface area contributed by atoms with Gasteiger partial charge in [0.05, 0.1) is 23.3 Å². The van der Waals surface area contributed by atoms with E-state index in [0.717, 1.165) is 28.8 Å². The van der Waals surface area contributed by atoms with Gasteiger partial charge < -0.3 is 14.6 Å². The molecular formula is C39H32F7NO5. The van der Waals surface area contributed by atoms with Gasteiger partial charge in [0.15, 0.2) is 0 Å². The van der Waals surface area contributed by atoms with Crippen LogP contribution in [0.1, 0.15) is 62.1 Å². The van der Waals surface area contributed by atoms with Crippen LogP contribution < -0.4 is 10.1 Å². The zero-order chi connectivity index (χ0) is 37.5. The maximum Gasteiger partial charge on any atom is 0.416 e. The minimum atomic E-state index is -5.02. The molecule has 0 aliphatic carbocycles. The normalized spacial score (nSPS) is 14.3. The number of carbonyl (C=O) groups excluding carboxylic acids is 1. The number of cyclic esters (lactones) is 1. The first kappa shape index (κ1) is 37.7. The molecular weight excluding hydrogens is 695 g/mol. The van der Waals surface area contributed by atoms with Gasteiger partial charge in [0.25, 0.3) is 0 Å². The predicted molar refractivity (Wildman–Crippen MR) is 179 cm³/mol. The number of aromatic carboxylic acids is 1.